The van der Waals surface area contributed by atoms with Crippen LogP contribution in [0.2, 0.25) is 0 Å². The summed E-state index contributed by atoms with van der Waals surface area (Å²) in [6.07, 6.45) is 5.93. The second-order valence-electron chi connectivity index (χ2n) is 14.7. The van der Waals surface area contributed by atoms with Crippen LogP contribution in [0.5, 0.6) is 0 Å². The lowest BCUT2D eigenvalue weighted by atomic mass is 9.72. The summed E-state index contributed by atoms with van der Waals surface area (Å²) in [5.74, 6) is 1.65. The van der Waals surface area contributed by atoms with Gasteiger partial charge in [-0.3, -0.25) is 0 Å². The third kappa shape index (κ3) is 5.31. The van der Waals surface area contributed by atoms with Gasteiger partial charge in [-0.05, 0) is 118 Å². The molecule has 2 aliphatic carbocycles. The molecule has 0 N–H and O–H groups in total. The van der Waals surface area contributed by atoms with Crippen molar-refractivity contribution in [1.29, 1.82) is 0 Å². The molecule has 0 radical (unpaired) electrons. The van der Waals surface area contributed by atoms with Crippen LogP contribution < -0.4 is 9.80 Å². The Hall–Kier alpha value is -5.93. The van der Waals surface area contributed by atoms with Crippen molar-refractivity contribution in [2.45, 2.75) is 46.1 Å². The number of aromatic nitrogens is 1. The molecule has 9 rings (SSSR count). The second kappa shape index (κ2) is 13.0. The predicted octanol–water partition coefficient (Wildman–Crippen LogP) is 13.2. The van der Waals surface area contributed by atoms with Crippen LogP contribution in [0.25, 0.3) is 32.8 Å². The van der Waals surface area contributed by atoms with Crippen molar-refractivity contribution >= 4 is 61.4 Å². The summed E-state index contributed by atoms with van der Waals surface area (Å²) in [5.41, 5.74) is 14.0. The maximum absolute atomic E-state index is 5.30. The highest BCUT2D eigenvalue weighted by molar-refractivity contribution is 6.12. The summed E-state index contributed by atoms with van der Waals surface area (Å²) in [6.45, 7) is 9.36. The zero-order valence-electron chi connectivity index (χ0n) is 30.3. The van der Waals surface area contributed by atoms with E-state index in [9.17, 15) is 0 Å². The van der Waals surface area contributed by atoms with Crippen molar-refractivity contribution in [3.8, 4) is 0 Å². The Morgan fingerprint density at radius 3 is 1.92 bits per heavy atom. The molecule has 254 valence electrons. The molecule has 7 aromatic rings. The standard InChI is InChI=1S/C49H43N3/c1-32(2)42-30-45(51(35-17-8-5-9-18-35)36-19-10-6-11-20-36)40-27-25-39-43(33(3)4)31-46(41-28-26-38(42)48(40)49(39)41)52(37-21-12-7-13-22-37)47-29-24-34-16-14-15-23-44(34)50-47/h5-25,27-33,46H,26H2,1-4H3. The molecule has 3 nitrogen and oxygen atoms in total. The number of pyridine rings is 1. The summed E-state index contributed by atoms with van der Waals surface area (Å²) < 4.78 is 0. The quantitative estimate of drug-likeness (QED) is 0.160. The molecular formula is C49H43N3. The smallest absolute Gasteiger partial charge is 0.134 e. The Bertz CT molecular complexity index is 2460. The fraction of sp³-hybridized carbons (Fsp3) is 0.163. The molecule has 0 bridgehead atoms. The van der Waals surface area contributed by atoms with Gasteiger partial charge < -0.3 is 9.80 Å². The first-order chi connectivity index (χ1) is 25.5. The van der Waals surface area contributed by atoms with Gasteiger partial charge in [0.25, 0.3) is 0 Å². The van der Waals surface area contributed by atoms with Gasteiger partial charge in [-0.1, -0.05) is 125 Å². The van der Waals surface area contributed by atoms with E-state index in [1.54, 1.807) is 0 Å². The van der Waals surface area contributed by atoms with Gasteiger partial charge in [-0.2, -0.15) is 0 Å². The largest absolute Gasteiger partial charge is 0.315 e. The van der Waals surface area contributed by atoms with Crippen molar-refractivity contribution in [2.24, 2.45) is 5.92 Å². The van der Waals surface area contributed by atoms with E-state index in [0.29, 0.717) is 11.8 Å². The summed E-state index contributed by atoms with van der Waals surface area (Å²) in [6, 6.07) is 52.5. The Labute approximate surface area is 307 Å². The van der Waals surface area contributed by atoms with E-state index in [-0.39, 0.29) is 6.04 Å². The molecule has 52 heavy (non-hydrogen) atoms. The summed E-state index contributed by atoms with van der Waals surface area (Å²) in [7, 11) is 0. The van der Waals surface area contributed by atoms with Crippen LogP contribution in [0.3, 0.4) is 0 Å². The van der Waals surface area contributed by atoms with E-state index < -0.39 is 0 Å². The van der Waals surface area contributed by atoms with E-state index >= 15 is 0 Å². The average Bonchev–Trinajstić information content (AvgIpc) is 3.18. The van der Waals surface area contributed by atoms with Gasteiger partial charge in [0.15, 0.2) is 0 Å². The maximum atomic E-state index is 5.30. The zero-order chi connectivity index (χ0) is 35.3. The number of allylic oxidation sites excluding steroid dienone is 2. The Balaban J connectivity index is 1.33. The van der Waals surface area contributed by atoms with E-state index in [1.807, 2.05) is 0 Å². The Morgan fingerprint density at radius 1 is 0.635 bits per heavy atom. The first-order valence-corrected chi connectivity index (χ1v) is 18.6. The topological polar surface area (TPSA) is 19.4 Å². The molecule has 0 fully saturated rings. The molecule has 3 heteroatoms. The first kappa shape index (κ1) is 32.0. The molecule has 0 saturated heterocycles. The fourth-order valence-electron chi connectivity index (χ4n) is 8.49. The molecule has 0 spiro atoms. The first-order valence-electron chi connectivity index (χ1n) is 18.6. The van der Waals surface area contributed by atoms with Crippen LogP contribution in [0.4, 0.5) is 28.6 Å². The number of fused-ring (bicyclic) bond motifs is 1. The Morgan fingerprint density at radius 2 is 1.27 bits per heavy atom. The molecule has 6 aromatic carbocycles. The van der Waals surface area contributed by atoms with Crippen molar-refractivity contribution in [2.75, 3.05) is 9.80 Å². The highest BCUT2D eigenvalue weighted by atomic mass is 15.2. The van der Waals surface area contributed by atoms with Gasteiger partial charge in [0.1, 0.15) is 5.82 Å². The minimum atomic E-state index is -0.0368. The monoisotopic (exact) mass is 673 g/mol. The Kier molecular flexibility index (Phi) is 8.00. The molecule has 1 heterocycles. The number of anilines is 5. The normalized spacial score (nSPS) is 14.8. The molecule has 0 saturated carbocycles. The summed E-state index contributed by atoms with van der Waals surface area (Å²) in [5, 5.41) is 3.83. The highest BCUT2D eigenvalue weighted by Crippen LogP contribution is 2.52. The predicted molar refractivity (Wildman–Crippen MR) is 221 cm³/mol. The number of hydrogen-bond donors (Lipinski definition) is 0. The van der Waals surface area contributed by atoms with Crippen molar-refractivity contribution < 1.29 is 0 Å². The van der Waals surface area contributed by atoms with Crippen molar-refractivity contribution in [1.82, 2.24) is 4.98 Å². The lowest BCUT2D eigenvalue weighted by molar-refractivity contribution is 0.829. The van der Waals surface area contributed by atoms with Gasteiger partial charge >= 0.3 is 0 Å². The molecule has 0 amide bonds. The third-order valence-electron chi connectivity index (χ3n) is 10.9. The molecule has 1 atom stereocenters. The van der Waals surface area contributed by atoms with Crippen molar-refractivity contribution in [3.63, 3.8) is 0 Å². The highest BCUT2D eigenvalue weighted by Gasteiger charge is 2.36. The van der Waals surface area contributed by atoms with E-state index in [1.165, 1.54) is 49.9 Å². The number of hydrogen-bond acceptors (Lipinski definition) is 3. The van der Waals surface area contributed by atoms with Gasteiger partial charge in [-0.25, -0.2) is 4.98 Å². The van der Waals surface area contributed by atoms with Gasteiger partial charge in [0, 0.05) is 27.8 Å². The minimum absolute atomic E-state index is 0.0368. The van der Waals surface area contributed by atoms with Crippen LogP contribution in [-0.4, -0.2) is 11.0 Å². The minimum Gasteiger partial charge on any atom is -0.315 e. The zero-order valence-corrected chi connectivity index (χ0v) is 30.3. The van der Waals surface area contributed by atoms with Crippen LogP contribution in [0, 0.1) is 5.92 Å². The number of para-hydroxylation sites is 4. The van der Waals surface area contributed by atoms with E-state index in [0.717, 1.165) is 40.2 Å². The number of rotatable bonds is 8. The van der Waals surface area contributed by atoms with Crippen LogP contribution in [-0.2, 0) is 6.42 Å². The summed E-state index contributed by atoms with van der Waals surface area (Å²) >= 11 is 0. The lowest BCUT2D eigenvalue weighted by Crippen LogP contribution is -2.35. The van der Waals surface area contributed by atoms with Gasteiger partial charge in [0.2, 0.25) is 0 Å². The van der Waals surface area contributed by atoms with Gasteiger partial charge in [-0.15, -0.1) is 0 Å². The molecule has 2 aliphatic rings. The van der Waals surface area contributed by atoms with Gasteiger partial charge in [0.05, 0.1) is 17.2 Å². The summed E-state index contributed by atoms with van der Waals surface area (Å²) in [4.78, 5) is 10.2. The van der Waals surface area contributed by atoms with E-state index in [2.05, 4.69) is 195 Å². The maximum Gasteiger partial charge on any atom is 0.134 e. The molecular weight excluding hydrogens is 631 g/mol. The molecule has 1 aromatic heterocycles. The average molecular weight is 674 g/mol. The fourth-order valence-corrected chi connectivity index (χ4v) is 8.49. The molecule has 0 aliphatic heterocycles. The molecule has 1 unspecified atom stereocenters. The third-order valence-corrected chi connectivity index (χ3v) is 10.9. The van der Waals surface area contributed by atoms with Crippen LogP contribution in [0.1, 0.15) is 55.9 Å². The van der Waals surface area contributed by atoms with Crippen molar-refractivity contribution in [3.05, 3.63) is 180 Å². The van der Waals surface area contributed by atoms with Crippen LogP contribution >= 0.6 is 0 Å². The van der Waals surface area contributed by atoms with E-state index in [4.69, 9.17) is 4.98 Å². The SMILES string of the molecule is CC(C)C1=CC(N(c2ccccc2)c2ccc3ccccc3n2)C2=CCc3c(C(C)C)cc(N(c4ccccc4)c4ccccc4)c4ccc1c2c34. The number of benzene rings is 6. The lowest BCUT2D eigenvalue weighted by Gasteiger charge is -2.40. The second-order valence-corrected chi connectivity index (χ2v) is 14.7. The number of nitrogens with zero attached hydrogens (tertiary/aromatic N) is 3. The van der Waals surface area contributed by atoms with Crippen LogP contribution in [0.15, 0.2) is 158 Å².